The number of benzene rings is 2. The number of aliphatic imine (C=N–C) groups is 3. The van der Waals surface area contributed by atoms with E-state index in [-0.39, 0.29) is 11.8 Å². The van der Waals surface area contributed by atoms with Crippen molar-refractivity contribution in [3.8, 4) is 5.75 Å². The summed E-state index contributed by atoms with van der Waals surface area (Å²) in [5.74, 6) is 1.03. The molecule has 8 nitrogen and oxygen atoms in total. The van der Waals surface area contributed by atoms with E-state index in [1.165, 1.54) is 0 Å². The summed E-state index contributed by atoms with van der Waals surface area (Å²) < 4.78 is 6.20. The number of amidine groups is 1. The lowest BCUT2D eigenvalue weighted by molar-refractivity contribution is -0.484. The molecule has 1 aliphatic rings. The summed E-state index contributed by atoms with van der Waals surface area (Å²) in [4.78, 5) is 24.0. The Labute approximate surface area is 169 Å². The molecule has 138 valence electrons. The van der Waals surface area contributed by atoms with Crippen LogP contribution in [0.1, 0.15) is 6.92 Å². The van der Waals surface area contributed by atoms with Gasteiger partial charge in [-0.05, 0) is 78.0 Å². The molecule has 0 aromatic heterocycles. The van der Waals surface area contributed by atoms with Gasteiger partial charge in [0.05, 0.1) is 12.8 Å². The van der Waals surface area contributed by atoms with Gasteiger partial charge < -0.3 is 10.1 Å². The van der Waals surface area contributed by atoms with E-state index >= 15 is 0 Å². The number of hydrogen-bond acceptors (Lipinski definition) is 5. The molecule has 1 N–H and O–H groups in total. The second-order valence-electron chi connectivity index (χ2n) is 5.68. The van der Waals surface area contributed by atoms with Gasteiger partial charge in [-0.25, -0.2) is 9.98 Å². The molecule has 27 heavy (non-hydrogen) atoms. The molecule has 1 heterocycles. The van der Waals surface area contributed by atoms with Crippen LogP contribution in [0.4, 0.5) is 11.4 Å². The van der Waals surface area contributed by atoms with Gasteiger partial charge in [0, 0.05) is 14.2 Å². The minimum Gasteiger partial charge on any atom is -0.497 e. The van der Waals surface area contributed by atoms with Gasteiger partial charge in [0.15, 0.2) is 5.84 Å². The van der Waals surface area contributed by atoms with E-state index in [4.69, 9.17) is 4.74 Å². The Balaban J connectivity index is 1.94. The maximum absolute atomic E-state index is 11.5. The third-order valence-electron chi connectivity index (χ3n) is 3.78. The smallest absolute Gasteiger partial charge is 0.307 e. The standard InChI is InChI=1S/C18H16IN5O3/c1-11-16(24(25)26)17(21-13-7-9-15(27-2)10-8-13)23-18(20-11)22-14-5-3-12(19)4-6-14/h3-10,16H,1-2H3,(H,21,22,23). The van der Waals surface area contributed by atoms with Crippen LogP contribution < -0.4 is 10.1 Å². The molecule has 0 saturated carbocycles. The molecule has 0 aliphatic carbocycles. The summed E-state index contributed by atoms with van der Waals surface area (Å²) in [5.41, 5.74) is 1.65. The zero-order chi connectivity index (χ0) is 19.4. The van der Waals surface area contributed by atoms with E-state index in [0.717, 1.165) is 3.57 Å². The molecule has 0 amide bonds. The molecular weight excluding hydrogens is 461 g/mol. The molecule has 3 rings (SSSR count). The van der Waals surface area contributed by atoms with E-state index in [1.54, 1.807) is 38.3 Å². The third kappa shape index (κ3) is 4.67. The fraction of sp³-hybridized carbons (Fsp3) is 0.167. The molecule has 1 aliphatic heterocycles. The summed E-state index contributed by atoms with van der Waals surface area (Å²) in [7, 11) is 1.57. The Kier molecular flexibility index (Phi) is 5.79. The van der Waals surface area contributed by atoms with Crippen molar-refractivity contribution in [1.29, 1.82) is 0 Å². The molecule has 1 atom stereocenters. The van der Waals surface area contributed by atoms with Crippen LogP contribution in [0.3, 0.4) is 0 Å². The van der Waals surface area contributed by atoms with Crippen molar-refractivity contribution in [2.45, 2.75) is 13.0 Å². The summed E-state index contributed by atoms with van der Waals surface area (Å²) in [6.45, 7) is 1.60. The lowest BCUT2D eigenvalue weighted by Gasteiger charge is -2.18. The van der Waals surface area contributed by atoms with Crippen LogP contribution in [0, 0.1) is 13.7 Å². The number of nitrogens with zero attached hydrogens (tertiary/aromatic N) is 4. The van der Waals surface area contributed by atoms with Crippen molar-refractivity contribution < 1.29 is 9.66 Å². The fourth-order valence-electron chi connectivity index (χ4n) is 2.46. The van der Waals surface area contributed by atoms with Crippen molar-refractivity contribution in [1.82, 2.24) is 0 Å². The second-order valence-corrected chi connectivity index (χ2v) is 6.93. The Morgan fingerprint density at radius 1 is 1.15 bits per heavy atom. The zero-order valence-corrected chi connectivity index (χ0v) is 16.7. The molecule has 0 saturated heterocycles. The lowest BCUT2D eigenvalue weighted by Crippen LogP contribution is -2.43. The molecule has 2 aromatic rings. The third-order valence-corrected chi connectivity index (χ3v) is 4.50. The average molecular weight is 477 g/mol. The number of rotatable bonds is 4. The largest absolute Gasteiger partial charge is 0.497 e. The molecule has 9 heteroatoms. The summed E-state index contributed by atoms with van der Waals surface area (Å²) in [6.07, 6.45) is 0. The maximum atomic E-state index is 11.5. The van der Waals surface area contributed by atoms with Crippen LogP contribution in [-0.2, 0) is 0 Å². The van der Waals surface area contributed by atoms with Gasteiger partial charge in [0.2, 0.25) is 0 Å². The second kappa shape index (κ2) is 8.25. The number of guanidine groups is 1. The number of nitrogens with one attached hydrogen (secondary N) is 1. The van der Waals surface area contributed by atoms with Gasteiger partial charge in [-0.1, -0.05) is 0 Å². The number of halogens is 1. The first-order valence-corrected chi connectivity index (χ1v) is 9.07. The Bertz CT molecular complexity index is 936. The average Bonchev–Trinajstić information content (AvgIpc) is 2.63. The summed E-state index contributed by atoms with van der Waals surface area (Å²) >= 11 is 2.20. The first kappa shape index (κ1) is 19.0. The molecule has 1 unspecified atom stereocenters. The molecule has 0 fully saturated rings. The van der Waals surface area contributed by atoms with Crippen molar-refractivity contribution in [3.05, 3.63) is 62.2 Å². The Morgan fingerprint density at radius 2 is 1.81 bits per heavy atom. The molecule has 0 spiro atoms. The quantitative estimate of drug-likeness (QED) is 0.410. The van der Waals surface area contributed by atoms with Crippen LogP contribution in [0.15, 0.2) is 63.5 Å². The van der Waals surface area contributed by atoms with Crippen LogP contribution in [-0.4, -0.2) is 35.6 Å². The first-order chi connectivity index (χ1) is 13.0. The van der Waals surface area contributed by atoms with Crippen LogP contribution in [0.5, 0.6) is 5.75 Å². The van der Waals surface area contributed by atoms with Crippen LogP contribution in [0.2, 0.25) is 0 Å². The van der Waals surface area contributed by atoms with Crippen molar-refractivity contribution in [2.24, 2.45) is 15.0 Å². The van der Waals surface area contributed by atoms with Gasteiger partial charge in [0.25, 0.3) is 5.96 Å². The number of hydrogen-bond donors (Lipinski definition) is 1. The van der Waals surface area contributed by atoms with E-state index < -0.39 is 11.0 Å². The first-order valence-electron chi connectivity index (χ1n) is 7.99. The highest BCUT2D eigenvalue weighted by atomic mass is 127. The molecule has 2 aromatic carbocycles. The predicted molar refractivity (Wildman–Crippen MR) is 114 cm³/mol. The van der Waals surface area contributed by atoms with Gasteiger partial charge in [-0.2, -0.15) is 4.99 Å². The highest BCUT2D eigenvalue weighted by molar-refractivity contribution is 14.1. The predicted octanol–water partition coefficient (Wildman–Crippen LogP) is 3.92. The lowest BCUT2D eigenvalue weighted by atomic mass is 10.1. The van der Waals surface area contributed by atoms with Gasteiger partial charge in [-0.3, -0.25) is 10.1 Å². The highest BCUT2D eigenvalue weighted by Gasteiger charge is 2.34. The number of anilines is 1. The SMILES string of the molecule is COc1ccc(NC2=NC(=Nc3ccc(I)cc3)N=C(C)C2[N+](=O)[O-])cc1. The monoisotopic (exact) mass is 477 g/mol. The molecular formula is C18H16IN5O3. The van der Waals surface area contributed by atoms with Gasteiger partial charge in [0.1, 0.15) is 11.5 Å². The van der Waals surface area contributed by atoms with Crippen LogP contribution >= 0.6 is 22.6 Å². The summed E-state index contributed by atoms with van der Waals surface area (Å²) in [6, 6.07) is 13.4. The number of ether oxygens (including phenoxy) is 1. The fourth-order valence-corrected chi connectivity index (χ4v) is 2.82. The zero-order valence-electron chi connectivity index (χ0n) is 14.6. The normalized spacial score (nSPS) is 17.9. The Hall–Kier alpha value is -2.82. The van der Waals surface area contributed by atoms with E-state index in [2.05, 4.69) is 42.9 Å². The summed E-state index contributed by atoms with van der Waals surface area (Å²) in [5, 5.41) is 14.5. The topological polar surface area (TPSA) is 101 Å². The highest BCUT2D eigenvalue weighted by Crippen LogP contribution is 2.19. The van der Waals surface area contributed by atoms with E-state index in [1.807, 2.05) is 24.3 Å². The van der Waals surface area contributed by atoms with E-state index in [0.29, 0.717) is 22.8 Å². The molecule has 0 bridgehead atoms. The molecule has 0 radical (unpaired) electrons. The maximum Gasteiger partial charge on any atom is 0.307 e. The number of methoxy groups -OCH3 is 1. The minimum absolute atomic E-state index is 0.168. The van der Waals surface area contributed by atoms with Crippen LogP contribution in [0.25, 0.3) is 0 Å². The minimum atomic E-state index is -1.15. The van der Waals surface area contributed by atoms with Gasteiger partial charge in [-0.15, -0.1) is 0 Å². The van der Waals surface area contributed by atoms with Crippen molar-refractivity contribution in [2.75, 3.05) is 12.4 Å². The van der Waals surface area contributed by atoms with Crippen molar-refractivity contribution >= 4 is 51.5 Å². The van der Waals surface area contributed by atoms with Gasteiger partial charge >= 0.3 is 6.04 Å². The number of nitro groups is 1. The van der Waals surface area contributed by atoms with Crippen molar-refractivity contribution in [3.63, 3.8) is 0 Å². The van der Waals surface area contributed by atoms with E-state index in [9.17, 15) is 10.1 Å². The Morgan fingerprint density at radius 3 is 2.41 bits per heavy atom.